The van der Waals surface area contributed by atoms with E-state index >= 15 is 8.78 Å². The second-order valence-electron chi connectivity index (χ2n) is 13.3. The highest BCUT2D eigenvalue weighted by Crippen LogP contribution is 2.41. The van der Waals surface area contributed by atoms with E-state index in [1.807, 2.05) is 88.4 Å². The molecule has 11 nitrogen and oxygen atoms in total. The zero-order chi connectivity index (χ0) is 43.1. The van der Waals surface area contributed by atoms with E-state index in [0.29, 0.717) is 37.2 Å². The number of nitrogens with one attached hydrogen (secondary N) is 1. The number of allylic oxidation sites excluding steroid dienone is 3. The maximum absolute atomic E-state index is 15.1. The van der Waals surface area contributed by atoms with Crippen LogP contribution in [0.4, 0.5) is 33.3 Å². The van der Waals surface area contributed by atoms with Crippen molar-refractivity contribution in [2.75, 3.05) is 54.0 Å². The van der Waals surface area contributed by atoms with Crippen LogP contribution in [0.1, 0.15) is 69.7 Å². The molecule has 0 unspecified atom stereocenters. The lowest BCUT2D eigenvalue weighted by atomic mass is 9.83. The van der Waals surface area contributed by atoms with Crippen molar-refractivity contribution in [3.63, 3.8) is 0 Å². The van der Waals surface area contributed by atoms with Crippen molar-refractivity contribution in [1.82, 2.24) is 4.13 Å². The standard InChI is InChI=1S/C39H47F5N4O7S3/c1-6-11-24-48(10-5)35-23-18-29(25-36(35)55-57(51,52)27-38(40,41)26-56(49,50)46-58(53,54)39(42,43)44)37(28-16-19-30(20-17-28)47(8-3)9-4)33-21-22-34(45-7-2)32-15-13-12-14-31(32)33/h12-23,25,46H,6-11,24,26-27H2,1-5H3. The summed E-state index contributed by atoms with van der Waals surface area (Å²) in [6.07, 6.45) is 5.19. The van der Waals surface area contributed by atoms with Crippen LogP contribution in [0.5, 0.6) is 5.75 Å². The number of halogens is 5. The Morgan fingerprint density at radius 2 is 1.34 bits per heavy atom. The molecule has 318 valence electrons. The van der Waals surface area contributed by atoms with Gasteiger partial charge in [-0.15, -0.1) is 4.13 Å². The Balaban J connectivity index is 1.91. The third-order valence-corrected chi connectivity index (χ3v) is 13.6. The number of hydrogen-bond acceptors (Lipinski definition) is 10. The lowest BCUT2D eigenvalue weighted by Gasteiger charge is -2.27. The SMILES string of the molecule is CCCCN(CC)c1ccc(C(=C2C=CC(=NCC)c3ccccc32)c2ccc(N(CC)CC)cc2)cc1OS(=O)(=O)CC(F)(F)CS(=O)(=O)NS(=O)(=O)C(F)(F)F. The van der Waals surface area contributed by atoms with E-state index in [-0.39, 0.29) is 15.6 Å². The quantitative estimate of drug-likeness (QED) is 0.0952. The molecule has 0 radical (unpaired) electrons. The Morgan fingerprint density at radius 1 is 0.741 bits per heavy atom. The summed E-state index contributed by atoms with van der Waals surface area (Å²) in [7, 11) is -18.0. The Morgan fingerprint density at radius 3 is 1.91 bits per heavy atom. The highest BCUT2D eigenvalue weighted by Gasteiger charge is 2.50. The molecule has 0 fully saturated rings. The molecule has 0 spiro atoms. The number of benzene rings is 3. The normalized spacial score (nSPS) is 15.3. The molecule has 4 rings (SSSR count). The van der Waals surface area contributed by atoms with E-state index in [9.17, 15) is 38.4 Å². The van der Waals surface area contributed by atoms with Gasteiger partial charge in [0.1, 0.15) is 5.75 Å². The second-order valence-corrected chi connectivity index (χ2v) is 18.5. The minimum absolute atomic E-state index is 0.191. The van der Waals surface area contributed by atoms with Gasteiger partial charge < -0.3 is 14.0 Å². The first kappa shape index (κ1) is 46.4. The van der Waals surface area contributed by atoms with Crippen molar-refractivity contribution >= 4 is 58.4 Å². The molecule has 0 aromatic heterocycles. The number of rotatable bonds is 19. The fourth-order valence-corrected chi connectivity index (χ4v) is 10.3. The minimum atomic E-state index is -6.60. The first-order valence-corrected chi connectivity index (χ1v) is 23.3. The molecule has 1 N–H and O–H groups in total. The molecule has 0 amide bonds. The number of anilines is 2. The van der Waals surface area contributed by atoms with Crippen molar-refractivity contribution in [2.45, 2.75) is 58.9 Å². The second kappa shape index (κ2) is 18.7. The molecular weight excluding hydrogens is 828 g/mol. The lowest BCUT2D eigenvalue weighted by Crippen LogP contribution is -2.46. The average Bonchev–Trinajstić information content (AvgIpc) is 3.12. The van der Waals surface area contributed by atoms with E-state index in [1.54, 1.807) is 24.0 Å². The Hall–Kier alpha value is -4.33. The fraction of sp³-hybridized carbons (Fsp3) is 0.410. The van der Waals surface area contributed by atoms with Crippen LogP contribution >= 0.6 is 0 Å². The summed E-state index contributed by atoms with van der Waals surface area (Å²) in [4.78, 5) is 8.58. The van der Waals surface area contributed by atoms with Crippen molar-refractivity contribution < 1.29 is 51.4 Å². The largest absolute Gasteiger partial charge is 0.512 e. The molecule has 3 aromatic rings. The Bertz CT molecular complexity index is 2360. The van der Waals surface area contributed by atoms with Crippen molar-refractivity contribution in [2.24, 2.45) is 4.99 Å². The molecule has 3 aromatic carbocycles. The van der Waals surface area contributed by atoms with E-state index in [1.165, 1.54) is 6.07 Å². The molecule has 1 aliphatic rings. The van der Waals surface area contributed by atoms with Gasteiger partial charge in [0.05, 0.1) is 11.4 Å². The molecule has 0 saturated carbocycles. The smallest absolute Gasteiger partial charge is 0.380 e. The number of alkyl halides is 5. The molecule has 19 heteroatoms. The number of aliphatic imine (C=N–C) groups is 1. The maximum Gasteiger partial charge on any atom is 0.512 e. The van der Waals surface area contributed by atoms with Crippen LogP contribution in [0.2, 0.25) is 0 Å². The van der Waals surface area contributed by atoms with Crippen LogP contribution in [0.25, 0.3) is 11.1 Å². The predicted octanol–water partition coefficient (Wildman–Crippen LogP) is 7.61. The lowest BCUT2D eigenvalue weighted by molar-refractivity contribution is -0.0442. The van der Waals surface area contributed by atoms with Gasteiger partial charge in [-0.3, -0.25) is 4.99 Å². The maximum atomic E-state index is 15.1. The van der Waals surface area contributed by atoms with Crippen LogP contribution in [0.3, 0.4) is 0 Å². The third kappa shape index (κ3) is 11.4. The van der Waals surface area contributed by atoms with Crippen molar-refractivity contribution in [1.29, 1.82) is 0 Å². The first-order chi connectivity index (χ1) is 27.1. The van der Waals surface area contributed by atoms with Gasteiger partial charge in [0.2, 0.25) is 10.0 Å². The summed E-state index contributed by atoms with van der Waals surface area (Å²) in [6, 6.07) is 20.1. The molecule has 58 heavy (non-hydrogen) atoms. The van der Waals surface area contributed by atoms with E-state index in [2.05, 4.69) is 9.89 Å². The number of nitrogens with zero attached hydrogens (tertiary/aromatic N) is 3. The van der Waals surface area contributed by atoms with Gasteiger partial charge in [-0.25, -0.2) is 25.6 Å². The van der Waals surface area contributed by atoms with Crippen LogP contribution in [0.15, 0.2) is 83.9 Å². The minimum Gasteiger partial charge on any atom is -0.380 e. The van der Waals surface area contributed by atoms with Crippen LogP contribution in [-0.2, 0) is 30.2 Å². The average molecular weight is 875 g/mol. The van der Waals surface area contributed by atoms with E-state index in [4.69, 9.17) is 4.18 Å². The van der Waals surface area contributed by atoms with Crippen LogP contribution in [0, 0.1) is 0 Å². The highest BCUT2D eigenvalue weighted by molar-refractivity contribution is 8.05. The number of sulfonamides is 2. The fourth-order valence-electron chi connectivity index (χ4n) is 6.50. The molecule has 0 bridgehead atoms. The molecular formula is C39H47F5N4O7S3. The zero-order valence-corrected chi connectivity index (χ0v) is 35.1. The Kier molecular flexibility index (Phi) is 15.0. The summed E-state index contributed by atoms with van der Waals surface area (Å²) in [5.74, 6) is -10.1. The monoisotopic (exact) mass is 874 g/mol. The number of fused-ring (bicyclic) bond motifs is 1. The molecule has 0 aliphatic heterocycles. The van der Waals surface area contributed by atoms with Gasteiger partial charge in [0, 0.05) is 44.0 Å². The first-order valence-electron chi connectivity index (χ1n) is 18.5. The van der Waals surface area contributed by atoms with E-state index < -0.39 is 53.1 Å². The topological polar surface area (TPSA) is 143 Å². The van der Waals surface area contributed by atoms with Gasteiger partial charge >= 0.3 is 25.6 Å². The summed E-state index contributed by atoms with van der Waals surface area (Å²) in [5.41, 5.74) is -0.0239. The third-order valence-electron chi connectivity index (χ3n) is 9.08. The molecule has 0 atom stereocenters. The van der Waals surface area contributed by atoms with Gasteiger partial charge in [-0.1, -0.05) is 61.9 Å². The molecule has 1 aliphatic carbocycles. The van der Waals surface area contributed by atoms with E-state index in [0.717, 1.165) is 53.2 Å². The number of hydrogen-bond donors (Lipinski definition) is 1. The van der Waals surface area contributed by atoms with Gasteiger partial charge in [0.15, 0.2) is 11.5 Å². The summed E-state index contributed by atoms with van der Waals surface area (Å²) in [5, 5.41) is 0. The zero-order valence-electron chi connectivity index (χ0n) is 32.7. The number of unbranched alkanes of at least 4 members (excludes halogenated alkanes) is 1. The van der Waals surface area contributed by atoms with Gasteiger partial charge in [-0.2, -0.15) is 21.6 Å². The Labute approximate surface area is 337 Å². The van der Waals surface area contributed by atoms with Crippen LogP contribution in [-0.4, -0.2) is 86.6 Å². The summed E-state index contributed by atoms with van der Waals surface area (Å²) < 4.78 is 148. The summed E-state index contributed by atoms with van der Waals surface area (Å²) >= 11 is 0. The van der Waals surface area contributed by atoms with Crippen LogP contribution < -0.4 is 18.1 Å². The predicted molar refractivity (Wildman–Crippen MR) is 219 cm³/mol. The van der Waals surface area contributed by atoms with Gasteiger partial charge in [-0.05, 0) is 92.3 Å². The van der Waals surface area contributed by atoms with Crippen molar-refractivity contribution in [3.05, 3.63) is 101 Å². The van der Waals surface area contributed by atoms with Gasteiger partial charge in [0.25, 0.3) is 5.92 Å². The van der Waals surface area contributed by atoms with Crippen molar-refractivity contribution in [3.8, 4) is 5.75 Å². The summed E-state index contributed by atoms with van der Waals surface area (Å²) in [6.45, 7) is 12.5. The molecule has 0 heterocycles. The highest BCUT2D eigenvalue weighted by atomic mass is 32.3. The molecule has 0 saturated heterocycles.